The summed E-state index contributed by atoms with van der Waals surface area (Å²) in [5.74, 6) is -1.32. The lowest BCUT2D eigenvalue weighted by Gasteiger charge is -2.41. The number of nitrogens with zero attached hydrogens (tertiary/aromatic N) is 2. The van der Waals surface area contributed by atoms with Crippen molar-refractivity contribution in [2.24, 2.45) is 0 Å². The van der Waals surface area contributed by atoms with Crippen LogP contribution >= 0.6 is 0 Å². The summed E-state index contributed by atoms with van der Waals surface area (Å²) in [4.78, 5) is 23.0. The summed E-state index contributed by atoms with van der Waals surface area (Å²) in [5.41, 5.74) is 0.406. The average Bonchev–Trinajstić information content (AvgIpc) is 2.63. The number of carbonyl (C=O) groups excluding carboxylic acids is 1. The molecule has 1 amide bonds. The van der Waals surface area contributed by atoms with Crippen molar-refractivity contribution in [1.29, 1.82) is 0 Å². The number of carboxylic acids is 1. The molecule has 0 bridgehead atoms. The van der Waals surface area contributed by atoms with Crippen molar-refractivity contribution < 1.29 is 23.5 Å². The second kappa shape index (κ2) is 6.02. The maximum atomic E-state index is 12.8. The zero-order valence-electron chi connectivity index (χ0n) is 12.5. The molecular weight excluding hydrogens is 296 g/mol. The fraction of sp³-hybridized carbons (Fsp3) is 0.643. The quantitative estimate of drug-likeness (QED) is 0.840. The SMILES string of the molecule is Cc1nn(C(F)F)c(C)c1CC(=O)NC1(CC(=O)O)CCC1. The molecule has 0 saturated heterocycles. The van der Waals surface area contributed by atoms with Crippen molar-refractivity contribution in [2.45, 2.75) is 58.0 Å². The average molecular weight is 315 g/mol. The van der Waals surface area contributed by atoms with E-state index in [4.69, 9.17) is 5.11 Å². The predicted molar refractivity (Wildman–Crippen MR) is 73.6 cm³/mol. The number of hydrogen-bond acceptors (Lipinski definition) is 3. The molecule has 1 aliphatic rings. The molecule has 1 aromatic rings. The number of aryl methyl sites for hydroxylation is 1. The van der Waals surface area contributed by atoms with E-state index in [-0.39, 0.29) is 24.4 Å². The van der Waals surface area contributed by atoms with E-state index in [0.717, 1.165) is 6.42 Å². The molecule has 2 rings (SSSR count). The smallest absolute Gasteiger partial charge is 0.333 e. The summed E-state index contributed by atoms with van der Waals surface area (Å²) in [7, 11) is 0. The molecule has 1 fully saturated rings. The number of halogens is 2. The highest BCUT2D eigenvalue weighted by Crippen LogP contribution is 2.35. The second-order valence-electron chi connectivity index (χ2n) is 5.80. The van der Waals surface area contributed by atoms with Gasteiger partial charge in [0.1, 0.15) is 0 Å². The van der Waals surface area contributed by atoms with Crippen molar-refractivity contribution in [3.05, 3.63) is 17.0 Å². The topological polar surface area (TPSA) is 84.2 Å². The molecule has 0 atom stereocenters. The Morgan fingerprint density at radius 1 is 1.41 bits per heavy atom. The summed E-state index contributed by atoms with van der Waals surface area (Å²) in [6, 6.07) is 0. The molecule has 122 valence electrons. The van der Waals surface area contributed by atoms with Gasteiger partial charge in [-0.2, -0.15) is 13.9 Å². The van der Waals surface area contributed by atoms with Gasteiger partial charge < -0.3 is 10.4 Å². The number of aromatic nitrogens is 2. The molecule has 1 saturated carbocycles. The number of carbonyl (C=O) groups is 2. The zero-order chi connectivity index (χ0) is 16.5. The summed E-state index contributed by atoms with van der Waals surface area (Å²) in [5, 5.41) is 15.4. The van der Waals surface area contributed by atoms with Crippen molar-refractivity contribution in [3.63, 3.8) is 0 Å². The Morgan fingerprint density at radius 3 is 2.45 bits per heavy atom. The zero-order valence-corrected chi connectivity index (χ0v) is 12.5. The van der Waals surface area contributed by atoms with Crippen LogP contribution in [-0.2, 0) is 16.0 Å². The molecule has 1 aliphatic carbocycles. The fourth-order valence-electron chi connectivity index (χ4n) is 2.88. The van der Waals surface area contributed by atoms with Crippen LogP contribution in [0.1, 0.15) is 49.2 Å². The number of carboxylic acid groups (broad SMARTS) is 1. The Hall–Kier alpha value is -1.99. The second-order valence-corrected chi connectivity index (χ2v) is 5.80. The third kappa shape index (κ3) is 3.26. The van der Waals surface area contributed by atoms with Gasteiger partial charge in [0.05, 0.1) is 24.1 Å². The molecule has 1 aromatic heterocycles. The molecule has 0 radical (unpaired) electrons. The van der Waals surface area contributed by atoms with E-state index in [2.05, 4.69) is 10.4 Å². The summed E-state index contributed by atoms with van der Waals surface area (Å²) in [6.07, 6.45) is 1.92. The fourth-order valence-corrected chi connectivity index (χ4v) is 2.88. The van der Waals surface area contributed by atoms with Crippen LogP contribution < -0.4 is 5.32 Å². The number of nitrogens with one attached hydrogen (secondary N) is 1. The van der Waals surface area contributed by atoms with Crippen LogP contribution in [0, 0.1) is 13.8 Å². The van der Waals surface area contributed by atoms with E-state index in [9.17, 15) is 18.4 Å². The van der Waals surface area contributed by atoms with Gasteiger partial charge in [-0.05, 0) is 33.1 Å². The first-order chi connectivity index (χ1) is 10.2. The highest BCUT2D eigenvalue weighted by Gasteiger charge is 2.40. The molecule has 0 aromatic carbocycles. The van der Waals surface area contributed by atoms with Gasteiger partial charge in [-0.25, -0.2) is 4.68 Å². The van der Waals surface area contributed by atoms with E-state index < -0.39 is 18.1 Å². The normalized spacial score (nSPS) is 16.4. The van der Waals surface area contributed by atoms with Crippen LogP contribution in [0.2, 0.25) is 0 Å². The Bertz CT molecular complexity index is 594. The van der Waals surface area contributed by atoms with Crippen molar-refractivity contribution in [3.8, 4) is 0 Å². The number of alkyl halides is 2. The maximum Gasteiger partial charge on any atom is 0.333 e. The van der Waals surface area contributed by atoms with Crippen molar-refractivity contribution >= 4 is 11.9 Å². The van der Waals surface area contributed by atoms with Gasteiger partial charge in [0.2, 0.25) is 5.91 Å². The van der Waals surface area contributed by atoms with Gasteiger partial charge in [0.15, 0.2) is 0 Å². The Morgan fingerprint density at radius 2 is 2.05 bits per heavy atom. The molecule has 6 nitrogen and oxygen atoms in total. The molecule has 22 heavy (non-hydrogen) atoms. The van der Waals surface area contributed by atoms with Crippen LogP contribution in [-0.4, -0.2) is 32.3 Å². The van der Waals surface area contributed by atoms with Crippen LogP contribution in [0.5, 0.6) is 0 Å². The van der Waals surface area contributed by atoms with E-state index in [0.29, 0.717) is 28.8 Å². The summed E-state index contributed by atoms with van der Waals surface area (Å²) < 4.78 is 26.1. The van der Waals surface area contributed by atoms with E-state index in [1.54, 1.807) is 6.92 Å². The lowest BCUT2D eigenvalue weighted by molar-refractivity contribution is -0.140. The first-order valence-electron chi connectivity index (χ1n) is 7.10. The summed E-state index contributed by atoms with van der Waals surface area (Å²) >= 11 is 0. The van der Waals surface area contributed by atoms with Crippen LogP contribution in [0.25, 0.3) is 0 Å². The standard InChI is InChI=1S/C14H19F2N3O3/c1-8-10(9(2)19(18-8)13(15)16)6-11(20)17-14(4-3-5-14)7-12(21)22/h13H,3-7H2,1-2H3,(H,17,20)(H,21,22). The molecule has 8 heteroatoms. The highest BCUT2D eigenvalue weighted by atomic mass is 19.3. The maximum absolute atomic E-state index is 12.8. The Labute approximate surface area is 126 Å². The monoisotopic (exact) mass is 315 g/mol. The minimum atomic E-state index is -2.75. The summed E-state index contributed by atoms with van der Waals surface area (Å²) in [6.45, 7) is 0.316. The number of hydrogen-bond donors (Lipinski definition) is 2. The van der Waals surface area contributed by atoms with Gasteiger partial charge >= 0.3 is 12.5 Å². The minimum Gasteiger partial charge on any atom is -0.481 e. The van der Waals surface area contributed by atoms with Crippen molar-refractivity contribution in [2.75, 3.05) is 0 Å². The Kier molecular flexibility index (Phi) is 4.48. The molecular formula is C14H19F2N3O3. The lowest BCUT2D eigenvalue weighted by atomic mass is 9.74. The van der Waals surface area contributed by atoms with E-state index in [1.165, 1.54) is 6.92 Å². The number of rotatable bonds is 6. The number of amides is 1. The van der Waals surface area contributed by atoms with Gasteiger partial charge in [-0.3, -0.25) is 9.59 Å². The largest absolute Gasteiger partial charge is 0.481 e. The molecule has 1 heterocycles. The first-order valence-corrected chi connectivity index (χ1v) is 7.10. The lowest BCUT2D eigenvalue weighted by Crippen LogP contribution is -2.55. The Balaban J connectivity index is 2.08. The predicted octanol–water partition coefficient (Wildman–Crippen LogP) is 1.95. The van der Waals surface area contributed by atoms with E-state index in [1.807, 2.05) is 0 Å². The van der Waals surface area contributed by atoms with Gasteiger partial charge in [-0.15, -0.1) is 0 Å². The molecule has 0 unspecified atom stereocenters. The van der Waals surface area contributed by atoms with E-state index >= 15 is 0 Å². The van der Waals surface area contributed by atoms with Crippen LogP contribution in [0.15, 0.2) is 0 Å². The molecule has 0 spiro atoms. The first kappa shape index (κ1) is 16.4. The molecule has 0 aliphatic heterocycles. The van der Waals surface area contributed by atoms with Crippen molar-refractivity contribution in [1.82, 2.24) is 15.1 Å². The molecule has 2 N–H and O–H groups in total. The van der Waals surface area contributed by atoms with Gasteiger partial charge in [0.25, 0.3) is 0 Å². The van der Waals surface area contributed by atoms with Gasteiger partial charge in [-0.1, -0.05) is 0 Å². The third-order valence-corrected chi connectivity index (χ3v) is 4.20. The van der Waals surface area contributed by atoms with Gasteiger partial charge in [0, 0.05) is 11.3 Å². The number of aliphatic carboxylic acids is 1. The highest BCUT2D eigenvalue weighted by molar-refractivity contribution is 5.81. The third-order valence-electron chi connectivity index (χ3n) is 4.20. The minimum absolute atomic E-state index is 0.0776. The van der Waals surface area contributed by atoms with Crippen LogP contribution in [0.4, 0.5) is 8.78 Å². The van der Waals surface area contributed by atoms with Crippen LogP contribution in [0.3, 0.4) is 0 Å².